The highest BCUT2D eigenvalue weighted by Crippen LogP contribution is 2.16. The molecule has 3 rings (SSSR count). The summed E-state index contributed by atoms with van der Waals surface area (Å²) in [6.45, 7) is 6.88. The van der Waals surface area contributed by atoms with Crippen molar-refractivity contribution in [3.05, 3.63) is 59.7 Å². The quantitative estimate of drug-likeness (QED) is 0.683. The SMILES string of the molecule is CCN(CC)C(=O)c1cccc(NCC(=O)Nc2ccc(C(=O)N3CCCC3)cc2)c1. The topological polar surface area (TPSA) is 81.8 Å². The molecule has 2 aromatic carbocycles. The Morgan fingerprint density at radius 1 is 0.903 bits per heavy atom. The van der Waals surface area contributed by atoms with E-state index in [1.165, 1.54) is 0 Å². The minimum atomic E-state index is -0.209. The van der Waals surface area contributed by atoms with E-state index in [4.69, 9.17) is 0 Å². The summed E-state index contributed by atoms with van der Waals surface area (Å²) < 4.78 is 0. The minimum absolute atomic E-state index is 0.0262. The van der Waals surface area contributed by atoms with Crippen LogP contribution in [0.25, 0.3) is 0 Å². The first kappa shape index (κ1) is 22.3. The molecular formula is C24H30N4O3. The summed E-state index contributed by atoms with van der Waals surface area (Å²) in [4.78, 5) is 40.8. The Balaban J connectivity index is 1.53. The predicted molar refractivity (Wildman–Crippen MR) is 122 cm³/mol. The molecule has 1 saturated heterocycles. The van der Waals surface area contributed by atoms with Gasteiger partial charge in [-0.15, -0.1) is 0 Å². The number of nitrogens with zero attached hydrogens (tertiary/aromatic N) is 2. The minimum Gasteiger partial charge on any atom is -0.376 e. The van der Waals surface area contributed by atoms with E-state index in [0.717, 1.165) is 25.9 Å². The first-order valence-electron chi connectivity index (χ1n) is 10.8. The summed E-state index contributed by atoms with van der Waals surface area (Å²) in [5.41, 5.74) is 2.56. The fourth-order valence-electron chi connectivity index (χ4n) is 3.64. The molecule has 0 radical (unpaired) electrons. The molecule has 3 amide bonds. The number of amides is 3. The van der Waals surface area contributed by atoms with Crippen molar-refractivity contribution in [2.24, 2.45) is 0 Å². The number of nitrogens with one attached hydrogen (secondary N) is 2. The van der Waals surface area contributed by atoms with Gasteiger partial charge < -0.3 is 20.4 Å². The van der Waals surface area contributed by atoms with Crippen LogP contribution in [0.3, 0.4) is 0 Å². The number of rotatable bonds is 8. The molecule has 1 fully saturated rings. The van der Waals surface area contributed by atoms with Gasteiger partial charge in [0.15, 0.2) is 0 Å². The first-order chi connectivity index (χ1) is 15.0. The van der Waals surface area contributed by atoms with Crippen LogP contribution in [0.2, 0.25) is 0 Å². The molecule has 1 heterocycles. The number of hydrogen-bond donors (Lipinski definition) is 2. The van der Waals surface area contributed by atoms with Crippen molar-refractivity contribution in [2.75, 3.05) is 43.4 Å². The maximum Gasteiger partial charge on any atom is 0.253 e. The number of likely N-dealkylation sites (tertiary alicyclic amines) is 1. The molecule has 7 heteroatoms. The van der Waals surface area contributed by atoms with E-state index in [1.54, 1.807) is 47.4 Å². The zero-order valence-corrected chi connectivity index (χ0v) is 18.2. The zero-order chi connectivity index (χ0) is 22.2. The summed E-state index contributed by atoms with van der Waals surface area (Å²) >= 11 is 0. The molecule has 164 valence electrons. The summed E-state index contributed by atoms with van der Waals surface area (Å²) in [6, 6.07) is 14.1. The van der Waals surface area contributed by atoms with Gasteiger partial charge in [-0.1, -0.05) is 6.07 Å². The van der Waals surface area contributed by atoms with Gasteiger partial charge in [-0.2, -0.15) is 0 Å². The Hall–Kier alpha value is -3.35. The molecule has 7 nitrogen and oxygen atoms in total. The smallest absolute Gasteiger partial charge is 0.253 e. The second-order valence-electron chi connectivity index (χ2n) is 7.54. The molecule has 0 atom stereocenters. The van der Waals surface area contributed by atoms with Gasteiger partial charge in [-0.3, -0.25) is 14.4 Å². The summed E-state index contributed by atoms with van der Waals surface area (Å²) in [5.74, 6) is -0.197. The molecule has 0 unspecified atom stereocenters. The number of hydrogen-bond acceptors (Lipinski definition) is 4. The van der Waals surface area contributed by atoms with Crippen molar-refractivity contribution in [3.8, 4) is 0 Å². The van der Waals surface area contributed by atoms with Crippen LogP contribution in [0.4, 0.5) is 11.4 Å². The van der Waals surface area contributed by atoms with E-state index in [1.807, 2.05) is 24.8 Å². The van der Waals surface area contributed by atoms with E-state index < -0.39 is 0 Å². The van der Waals surface area contributed by atoms with Crippen LogP contribution < -0.4 is 10.6 Å². The zero-order valence-electron chi connectivity index (χ0n) is 18.2. The Labute approximate surface area is 183 Å². The third-order valence-corrected chi connectivity index (χ3v) is 5.42. The van der Waals surface area contributed by atoms with Gasteiger partial charge in [0.25, 0.3) is 11.8 Å². The lowest BCUT2D eigenvalue weighted by Crippen LogP contribution is -2.30. The predicted octanol–water partition coefficient (Wildman–Crippen LogP) is 3.46. The Bertz CT molecular complexity index is 917. The number of benzene rings is 2. The van der Waals surface area contributed by atoms with Crippen LogP contribution in [0.1, 0.15) is 47.4 Å². The van der Waals surface area contributed by atoms with Crippen molar-refractivity contribution in [3.63, 3.8) is 0 Å². The lowest BCUT2D eigenvalue weighted by molar-refractivity contribution is -0.114. The van der Waals surface area contributed by atoms with Crippen molar-refractivity contribution >= 4 is 29.1 Å². The van der Waals surface area contributed by atoms with Gasteiger partial charge >= 0.3 is 0 Å². The summed E-state index contributed by atoms with van der Waals surface area (Å²) in [6.07, 6.45) is 2.11. The maximum atomic E-state index is 12.5. The average molecular weight is 423 g/mol. The average Bonchev–Trinajstić information content (AvgIpc) is 3.34. The Morgan fingerprint density at radius 2 is 1.58 bits per heavy atom. The molecule has 0 aromatic heterocycles. The van der Waals surface area contributed by atoms with Gasteiger partial charge in [-0.05, 0) is 69.2 Å². The highest BCUT2D eigenvalue weighted by molar-refractivity contribution is 5.97. The third-order valence-electron chi connectivity index (χ3n) is 5.42. The Kier molecular flexibility index (Phi) is 7.65. The largest absolute Gasteiger partial charge is 0.376 e. The van der Waals surface area contributed by atoms with Gasteiger partial charge in [0, 0.05) is 48.7 Å². The molecule has 0 saturated carbocycles. The normalized spacial score (nSPS) is 13.0. The summed E-state index contributed by atoms with van der Waals surface area (Å²) in [5, 5.41) is 5.88. The number of carbonyl (C=O) groups excluding carboxylic acids is 3. The molecule has 1 aliphatic rings. The van der Waals surface area contributed by atoms with Gasteiger partial charge in [-0.25, -0.2) is 0 Å². The van der Waals surface area contributed by atoms with Crippen LogP contribution in [0, 0.1) is 0 Å². The lowest BCUT2D eigenvalue weighted by atomic mass is 10.1. The van der Waals surface area contributed by atoms with Crippen LogP contribution in [-0.2, 0) is 4.79 Å². The van der Waals surface area contributed by atoms with Crippen LogP contribution in [0.15, 0.2) is 48.5 Å². The van der Waals surface area contributed by atoms with Crippen LogP contribution >= 0.6 is 0 Å². The summed E-state index contributed by atoms with van der Waals surface area (Å²) in [7, 11) is 0. The molecule has 0 spiro atoms. The van der Waals surface area contributed by atoms with E-state index in [2.05, 4.69) is 10.6 Å². The number of carbonyl (C=O) groups is 3. The molecule has 0 aliphatic carbocycles. The lowest BCUT2D eigenvalue weighted by Gasteiger charge is -2.19. The van der Waals surface area contributed by atoms with Gasteiger partial charge in [0.05, 0.1) is 6.54 Å². The van der Waals surface area contributed by atoms with Crippen molar-refractivity contribution < 1.29 is 14.4 Å². The van der Waals surface area contributed by atoms with E-state index in [9.17, 15) is 14.4 Å². The highest BCUT2D eigenvalue weighted by Gasteiger charge is 2.19. The molecule has 0 bridgehead atoms. The third kappa shape index (κ3) is 5.84. The first-order valence-corrected chi connectivity index (χ1v) is 10.8. The van der Waals surface area contributed by atoms with Crippen molar-refractivity contribution in [2.45, 2.75) is 26.7 Å². The molecular weight excluding hydrogens is 392 g/mol. The van der Waals surface area contributed by atoms with E-state index >= 15 is 0 Å². The fraction of sp³-hybridized carbons (Fsp3) is 0.375. The van der Waals surface area contributed by atoms with Crippen molar-refractivity contribution in [1.82, 2.24) is 9.80 Å². The van der Waals surface area contributed by atoms with Crippen LogP contribution in [-0.4, -0.2) is 60.2 Å². The van der Waals surface area contributed by atoms with E-state index in [-0.39, 0.29) is 24.3 Å². The van der Waals surface area contributed by atoms with Crippen molar-refractivity contribution in [1.29, 1.82) is 0 Å². The van der Waals surface area contributed by atoms with E-state index in [0.29, 0.717) is 35.6 Å². The number of anilines is 2. The monoisotopic (exact) mass is 422 g/mol. The highest BCUT2D eigenvalue weighted by atomic mass is 16.2. The molecule has 31 heavy (non-hydrogen) atoms. The van der Waals surface area contributed by atoms with Crippen LogP contribution in [0.5, 0.6) is 0 Å². The Morgan fingerprint density at radius 3 is 2.23 bits per heavy atom. The van der Waals surface area contributed by atoms with Gasteiger partial charge in [0.1, 0.15) is 0 Å². The maximum absolute atomic E-state index is 12.5. The molecule has 2 N–H and O–H groups in total. The standard InChI is InChI=1S/C24H30N4O3/c1-3-27(4-2)24(31)19-8-7-9-21(16-19)25-17-22(29)26-20-12-10-18(11-13-20)23(30)28-14-5-6-15-28/h7-13,16,25H,3-6,14-15,17H2,1-2H3,(H,26,29). The fourth-order valence-corrected chi connectivity index (χ4v) is 3.64. The second-order valence-corrected chi connectivity index (χ2v) is 7.54. The van der Waals surface area contributed by atoms with Gasteiger partial charge in [0.2, 0.25) is 5.91 Å². The molecule has 1 aliphatic heterocycles. The second kappa shape index (κ2) is 10.6. The molecule has 2 aromatic rings.